The Morgan fingerprint density at radius 3 is 2.64 bits per heavy atom. The van der Waals surface area contributed by atoms with Gasteiger partial charge in [0.2, 0.25) is 5.91 Å². The average molecular weight is 404 g/mol. The standard InChI is InChI=1S/C21H29N3O3S/c1-14-15(2)28-19-18(14)20(26)24(13-22-19)12-21(27)7-9-23(10-8-21)17(25)11-16-5-3-4-6-16/h13,16,27H,3-12H2,1-2H3. The number of carbonyl (C=O) groups excluding carboxylic acids is 1. The number of aromatic nitrogens is 2. The minimum atomic E-state index is -0.970. The Morgan fingerprint density at radius 2 is 1.96 bits per heavy atom. The van der Waals surface area contributed by atoms with E-state index >= 15 is 0 Å². The third kappa shape index (κ3) is 3.74. The van der Waals surface area contributed by atoms with Crippen LogP contribution in [0.5, 0.6) is 0 Å². The van der Waals surface area contributed by atoms with Crippen LogP contribution in [0.4, 0.5) is 0 Å². The van der Waals surface area contributed by atoms with Crippen LogP contribution in [-0.4, -0.2) is 44.2 Å². The van der Waals surface area contributed by atoms with Gasteiger partial charge in [0.1, 0.15) is 4.83 Å². The average Bonchev–Trinajstić information content (AvgIpc) is 3.26. The van der Waals surface area contributed by atoms with Gasteiger partial charge in [-0.25, -0.2) is 4.98 Å². The van der Waals surface area contributed by atoms with Gasteiger partial charge in [-0.15, -0.1) is 11.3 Å². The zero-order valence-corrected chi connectivity index (χ0v) is 17.6. The number of amides is 1. The van der Waals surface area contributed by atoms with Crippen LogP contribution in [0.25, 0.3) is 10.2 Å². The quantitative estimate of drug-likeness (QED) is 0.851. The smallest absolute Gasteiger partial charge is 0.262 e. The zero-order valence-electron chi connectivity index (χ0n) is 16.7. The topological polar surface area (TPSA) is 75.4 Å². The second-order valence-corrected chi connectivity index (χ2v) is 9.80. The number of likely N-dealkylation sites (tertiary alicyclic amines) is 1. The van der Waals surface area contributed by atoms with Gasteiger partial charge < -0.3 is 10.0 Å². The molecule has 7 heteroatoms. The van der Waals surface area contributed by atoms with Gasteiger partial charge in [0.25, 0.3) is 5.56 Å². The summed E-state index contributed by atoms with van der Waals surface area (Å²) in [6.45, 7) is 5.29. The van der Waals surface area contributed by atoms with Crippen LogP contribution in [-0.2, 0) is 11.3 Å². The monoisotopic (exact) mass is 403 g/mol. The minimum absolute atomic E-state index is 0.0833. The summed E-state index contributed by atoms with van der Waals surface area (Å²) in [7, 11) is 0. The molecule has 0 unspecified atom stereocenters. The summed E-state index contributed by atoms with van der Waals surface area (Å²) in [4.78, 5) is 33.6. The molecule has 0 radical (unpaired) electrons. The fourth-order valence-electron chi connectivity index (χ4n) is 4.62. The van der Waals surface area contributed by atoms with Gasteiger partial charge in [0.05, 0.1) is 23.9 Å². The number of thiophene rings is 1. The van der Waals surface area contributed by atoms with E-state index in [4.69, 9.17) is 0 Å². The van der Waals surface area contributed by atoms with E-state index in [1.807, 2.05) is 18.7 Å². The van der Waals surface area contributed by atoms with Gasteiger partial charge in [-0.05, 0) is 51.0 Å². The molecule has 152 valence electrons. The number of hydrogen-bond donors (Lipinski definition) is 1. The maximum absolute atomic E-state index is 12.9. The lowest BCUT2D eigenvalue weighted by molar-refractivity contribution is -0.136. The summed E-state index contributed by atoms with van der Waals surface area (Å²) in [6, 6.07) is 0. The van der Waals surface area contributed by atoms with Crippen LogP contribution in [0.2, 0.25) is 0 Å². The van der Waals surface area contributed by atoms with E-state index in [1.165, 1.54) is 41.6 Å². The number of fused-ring (bicyclic) bond motifs is 1. The molecular formula is C21H29N3O3S. The second kappa shape index (κ2) is 7.59. The van der Waals surface area contributed by atoms with E-state index < -0.39 is 5.60 Å². The van der Waals surface area contributed by atoms with Gasteiger partial charge in [-0.3, -0.25) is 14.2 Å². The van der Waals surface area contributed by atoms with E-state index in [0.717, 1.165) is 15.3 Å². The van der Waals surface area contributed by atoms with Crippen LogP contribution >= 0.6 is 11.3 Å². The second-order valence-electron chi connectivity index (χ2n) is 8.60. The molecule has 0 bridgehead atoms. The van der Waals surface area contributed by atoms with Crippen LogP contribution in [0.15, 0.2) is 11.1 Å². The molecule has 1 aliphatic heterocycles. The highest BCUT2D eigenvalue weighted by Crippen LogP contribution is 2.30. The Balaban J connectivity index is 1.42. The molecule has 0 atom stereocenters. The fourth-order valence-corrected chi connectivity index (χ4v) is 5.61. The number of rotatable bonds is 4. The number of aliphatic hydroxyl groups is 1. The van der Waals surface area contributed by atoms with Crippen molar-refractivity contribution in [3.8, 4) is 0 Å². The highest BCUT2D eigenvalue weighted by atomic mass is 32.1. The zero-order chi connectivity index (χ0) is 19.9. The van der Waals surface area contributed by atoms with Gasteiger partial charge in [0.15, 0.2) is 0 Å². The first kappa shape index (κ1) is 19.6. The summed E-state index contributed by atoms with van der Waals surface area (Å²) in [5.41, 5.74) is -0.0753. The van der Waals surface area contributed by atoms with Crippen LogP contribution in [0.1, 0.15) is 55.4 Å². The Labute approximate surface area is 169 Å². The van der Waals surface area contributed by atoms with Crippen molar-refractivity contribution in [2.75, 3.05) is 13.1 Å². The van der Waals surface area contributed by atoms with Crippen LogP contribution < -0.4 is 5.56 Å². The molecule has 2 aliphatic rings. The van der Waals surface area contributed by atoms with E-state index in [0.29, 0.717) is 43.7 Å². The molecule has 2 aromatic rings. The van der Waals surface area contributed by atoms with Crippen molar-refractivity contribution in [2.45, 2.75) is 70.9 Å². The molecule has 28 heavy (non-hydrogen) atoms. The molecule has 0 spiro atoms. The van der Waals surface area contributed by atoms with Crippen molar-refractivity contribution < 1.29 is 9.90 Å². The molecule has 3 heterocycles. The Kier molecular flexibility index (Phi) is 5.31. The number of hydrogen-bond acceptors (Lipinski definition) is 5. The lowest BCUT2D eigenvalue weighted by atomic mass is 9.90. The van der Waals surface area contributed by atoms with Gasteiger partial charge in [0, 0.05) is 24.4 Å². The molecule has 2 aromatic heterocycles. The molecule has 4 rings (SSSR count). The molecule has 1 aliphatic carbocycles. The van der Waals surface area contributed by atoms with Crippen LogP contribution in [0, 0.1) is 19.8 Å². The Morgan fingerprint density at radius 1 is 1.29 bits per heavy atom. The van der Waals surface area contributed by atoms with E-state index in [1.54, 1.807) is 6.33 Å². The summed E-state index contributed by atoms with van der Waals surface area (Å²) in [5.74, 6) is 0.764. The van der Waals surface area contributed by atoms with Crippen LogP contribution in [0.3, 0.4) is 0 Å². The van der Waals surface area contributed by atoms with Gasteiger partial charge in [-0.2, -0.15) is 0 Å². The predicted octanol–water partition coefficient (Wildman–Crippen LogP) is 3.01. The maximum atomic E-state index is 12.9. The summed E-state index contributed by atoms with van der Waals surface area (Å²) < 4.78 is 1.54. The Bertz CT molecular complexity index is 934. The van der Waals surface area contributed by atoms with Crippen molar-refractivity contribution >= 4 is 27.5 Å². The Hall–Kier alpha value is -1.73. The third-order valence-corrected chi connectivity index (χ3v) is 7.72. The van der Waals surface area contributed by atoms with Gasteiger partial charge >= 0.3 is 0 Å². The third-order valence-electron chi connectivity index (χ3n) is 6.61. The normalized spacial score (nSPS) is 20.2. The first-order valence-electron chi connectivity index (χ1n) is 10.3. The number of piperidine rings is 1. The van der Waals surface area contributed by atoms with E-state index in [2.05, 4.69) is 4.98 Å². The fraction of sp³-hybridized carbons (Fsp3) is 0.667. The molecule has 1 amide bonds. The number of aryl methyl sites for hydroxylation is 2. The largest absolute Gasteiger partial charge is 0.388 e. The lowest BCUT2D eigenvalue weighted by Gasteiger charge is -2.38. The minimum Gasteiger partial charge on any atom is -0.388 e. The highest BCUT2D eigenvalue weighted by molar-refractivity contribution is 7.18. The first-order valence-corrected chi connectivity index (χ1v) is 11.1. The van der Waals surface area contributed by atoms with E-state index in [-0.39, 0.29) is 18.0 Å². The van der Waals surface area contributed by atoms with Crippen molar-refractivity contribution in [2.24, 2.45) is 5.92 Å². The van der Waals surface area contributed by atoms with Crippen molar-refractivity contribution in [3.05, 3.63) is 27.1 Å². The maximum Gasteiger partial charge on any atom is 0.262 e. The lowest BCUT2D eigenvalue weighted by Crippen LogP contribution is -2.49. The van der Waals surface area contributed by atoms with Crippen molar-refractivity contribution in [1.82, 2.24) is 14.5 Å². The molecular weight excluding hydrogens is 374 g/mol. The molecule has 1 N–H and O–H groups in total. The van der Waals surface area contributed by atoms with E-state index in [9.17, 15) is 14.7 Å². The number of nitrogens with zero attached hydrogens (tertiary/aromatic N) is 3. The first-order chi connectivity index (χ1) is 13.4. The molecule has 0 aromatic carbocycles. The summed E-state index contributed by atoms with van der Waals surface area (Å²) in [5, 5.41) is 11.7. The SMILES string of the molecule is Cc1sc2ncn(CC3(O)CCN(C(=O)CC4CCCC4)CC3)c(=O)c2c1C. The molecule has 1 saturated carbocycles. The molecule has 6 nitrogen and oxygen atoms in total. The van der Waals surface area contributed by atoms with Gasteiger partial charge in [-0.1, -0.05) is 12.8 Å². The molecule has 2 fully saturated rings. The van der Waals surface area contributed by atoms with Crippen molar-refractivity contribution in [3.63, 3.8) is 0 Å². The summed E-state index contributed by atoms with van der Waals surface area (Å²) >= 11 is 1.53. The number of carbonyl (C=O) groups is 1. The molecule has 1 saturated heterocycles. The summed E-state index contributed by atoms with van der Waals surface area (Å²) in [6.07, 6.45) is 8.02. The van der Waals surface area contributed by atoms with Crippen molar-refractivity contribution in [1.29, 1.82) is 0 Å². The highest BCUT2D eigenvalue weighted by Gasteiger charge is 2.35. The predicted molar refractivity (Wildman–Crippen MR) is 111 cm³/mol.